The summed E-state index contributed by atoms with van der Waals surface area (Å²) in [6.45, 7) is 7.01. The van der Waals surface area contributed by atoms with Crippen LogP contribution in [0.5, 0.6) is 11.5 Å². The Morgan fingerprint density at radius 3 is 2.69 bits per heavy atom. The van der Waals surface area contributed by atoms with E-state index in [0.29, 0.717) is 11.3 Å². The second-order valence-corrected chi connectivity index (χ2v) is 10.00. The Morgan fingerprint density at radius 2 is 1.94 bits per heavy atom. The average Bonchev–Trinajstić information content (AvgIpc) is 3.53. The highest BCUT2D eigenvalue weighted by atomic mass is 16.5. The molecule has 1 saturated carbocycles. The van der Waals surface area contributed by atoms with Crippen LogP contribution < -0.4 is 20.1 Å². The van der Waals surface area contributed by atoms with Crippen molar-refractivity contribution in [3.8, 4) is 11.5 Å². The van der Waals surface area contributed by atoms with Crippen molar-refractivity contribution in [3.05, 3.63) is 65.4 Å². The lowest BCUT2D eigenvalue weighted by Crippen LogP contribution is -2.47. The number of fused-ring (bicyclic) bond motifs is 2. The normalized spacial score (nSPS) is 20.1. The SMILES string of the molecule is C1CC2CNCCN2C1.COc1ccc(C)c(C(=O)NC2(c3cc(OC)cc4ncccc34)CC2)c1. The zero-order chi connectivity index (χ0) is 25.1. The van der Waals surface area contributed by atoms with Crippen molar-refractivity contribution in [2.24, 2.45) is 0 Å². The molecule has 2 aromatic carbocycles. The highest BCUT2D eigenvalue weighted by Gasteiger charge is 2.47. The van der Waals surface area contributed by atoms with Gasteiger partial charge in [0.25, 0.3) is 5.91 Å². The third kappa shape index (κ3) is 5.04. The number of nitrogens with one attached hydrogen (secondary N) is 2. The number of hydrogen-bond acceptors (Lipinski definition) is 6. The number of benzene rings is 2. The number of aryl methyl sites for hydroxylation is 1. The summed E-state index contributed by atoms with van der Waals surface area (Å²) in [5.74, 6) is 1.32. The van der Waals surface area contributed by atoms with Gasteiger partial charge in [0.15, 0.2) is 0 Å². The van der Waals surface area contributed by atoms with E-state index in [1.54, 1.807) is 26.5 Å². The van der Waals surface area contributed by atoms with Crippen molar-refractivity contribution in [1.29, 1.82) is 0 Å². The van der Waals surface area contributed by atoms with Gasteiger partial charge >= 0.3 is 0 Å². The molecule has 3 heterocycles. The van der Waals surface area contributed by atoms with Gasteiger partial charge in [-0.2, -0.15) is 0 Å². The maximum absolute atomic E-state index is 13.0. The van der Waals surface area contributed by atoms with E-state index >= 15 is 0 Å². The van der Waals surface area contributed by atoms with Gasteiger partial charge in [-0.3, -0.25) is 14.7 Å². The maximum atomic E-state index is 13.0. The number of carbonyl (C=O) groups excluding carboxylic acids is 1. The molecule has 36 heavy (non-hydrogen) atoms. The number of pyridine rings is 1. The topological polar surface area (TPSA) is 75.7 Å². The molecule has 3 aromatic rings. The summed E-state index contributed by atoms with van der Waals surface area (Å²) < 4.78 is 10.7. The number of hydrogen-bond donors (Lipinski definition) is 2. The van der Waals surface area contributed by atoms with E-state index in [2.05, 4.69) is 20.5 Å². The van der Waals surface area contributed by atoms with Crippen molar-refractivity contribution in [2.75, 3.05) is 40.4 Å². The quantitative estimate of drug-likeness (QED) is 0.565. The van der Waals surface area contributed by atoms with Crippen molar-refractivity contribution in [2.45, 2.75) is 44.2 Å². The summed E-state index contributed by atoms with van der Waals surface area (Å²) in [7, 11) is 3.25. The smallest absolute Gasteiger partial charge is 0.252 e. The molecule has 0 bridgehead atoms. The summed E-state index contributed by atoms with van der Waals surface area (Å²) in [6, 6.07) is 14.3. The minimum absolute atomic E-state index is 0.0937. The first-order chi connectivity index (χ1) is 17.5. The Labute approximate surface area is 213 Å². The number of methoxy groups -OCH3 is 2. The lowest BCUT2D eigenvalue weighted by atomic mass is 9.97. The van der Waals surface area contributed by atoms with Crippen LogP contribution in [-0.4, -0.2) is 62.2 Å². The number of rotatable bonds is 5. The van der Waals surface area contributed by atoms with Gasteiger partial charge in [-0.05, 0) is 74.5 Å². The third-order valence-corrected chi connectivity index (χ3v) is 7.69. The number of amides is 1. The fourth-order valence-corrected chi connectivity index (χ4v) is 5.43. The largest absolute Gasteiger partial charge is 0.497 e. The molecule has 7 nitrogen and oxygen atoms in total. The third-order valence-electron chi connectivity index (χ3n) is 7.69. The van der Waals surface area contributed by atoms with Gasteiger partial charge in [0.2, 0.25) is 0 Å². The van der Waals surface area contributed by atoms with Crippen LogP contribution >= 0.6 is 0 Å². The number of aromatic nitrogens is 1. The van der Waals surface area contributed by atoms with Gasteiger partial charge in [-0.15, -0.1) is 0 Å². The first-order valence-electron chi connectivity index (χ1n) is 12.9. The molecule has 1 unspecified atom stereocenters. The van der Waals surface area contributed by atoms with Crippen LogP contribution in [0.25, 0.3) is 10.9 Å². The predicted molar refractivity (Wildman–Crippen MR) is 142 cm³/mol. The highest BCUT2D eigenvalue weighted by Crippen LogP contribution is 2.49. The molecule has 1 amide bonds. The van der Waals surface area contributed by atoms with Gasteiger partial charge in [0, 0.05) is 48.9 Å². The molecular weight excluding hydrogens is 452 g/mol. The summed E-state index contributed by atoms with van der Waals surface area (Å²) in [5, 5.41) is 7.71. The molecule has 6 rings (SSSR count). The molecular formula is C29H36N4O3. The minimum Gasteiger partial charge on any atom is -0.497 e. The number of piperazine rings is 1. The Balaban J connectivity index is 0.000000247. The summed E-state index contributed by atoms with van der Waals surface area (Å²) in [5.41, 5.74) is 3.08. The van der Waals surface area contributed by atoms with E-state index in [0.717, 1.165) is 46.7 Å². The van der Waals surface area contributed by atoms with Gasteiger partial charge in [0.1, 0.15) is 11.5 Å². The second kappa shape index (κ2) is 10.4. The van der Waals surface area contributed by atoms with E-state index in [1.807, 2.05) is 43.3 Å². The van der Waals surface area contributed by atoms with Gasteiger partial charge in [-0.25, -0.2) is 0 Å². The van der Waals surface area contributed by atoms with Crippen molar-refractivity contribution in [3.63, 3.8) is 0 Å². The molecule has 7 heteroatoms. The Morgan fingerprint density at radius 1 is 1.11 bits per heavy atom. The molecule has 3 aliphatic rings. The average molecular weight is 489 g/mol. The summed E-state index contributed by atoms with van der Waals surface area (Å²) in [4.78, 5) is 20.1. The highest BCUT2D eigenvalue weighted by molar-refractivity contribution is 5.97. The van der Waals surface area contributed by atoms with Gasteiger partial charge in [0.05, 0.1) is 25.3 Å². The second-order valence-electron chi connectivity index (χ2n) is 10.00. The lowest BCUT2D eigenvalue weighted by molar-refractivity contribution is 0.0930. The number of carbonyl (C=O) groups is 1. The van der Waals surface area contributed by atoms with Crippen molar-refractivity contribution in [1.82, 2.24) is 20.5 Å². The molecule has 2 saturated heterocycles. The molecule has 1 atom stereocenters. The fourth-order valence-electron chi connectivity index (χ4n) is 5.43. The van der Waals surface area contributed by atoms with Crippen LogP contribution in [0.3, 0.4) is 0 Å². The van der Waals surface area contributed by atoms with E-state index in [1.165, 1.54) is 39.0 Å². The molecule has 3 fully saturated rings. The van der Waals surface area contributed by atoms with Crippen LogP contribution in [0.2, 0.25) is 0 Å². The van der Waals surface area contributed by atoms with E-state index < -0.39 is 0 Å². The Kier molecular flexibility index (Phi) is 7.12. The minimum atomic E-state index is -0.386. The molecule has 0 radical (unpaired) electrons. The van der Waals surface area contributed by atoms with Gasteiger partial charge in [-0.1, -0.05) is 12.1 Å². The zero-order valence-electron chi connectivity index (χ0n) is 21.5. The zero-order valence-corrected chi connectivity index (χ0v) is 21.5. The lowest BCUT2D eigenvalue weighted by Gasteiger charge is -2.29. The molecule has 1 aromatic heterocycles. The first kappa shape index (κ1) is 24.5. The molecule has 2 N–H and O–H groups in total. The summed E-state index contributed by atoms with van der Waals surface area (Å²) >= 11 is 0. The Bertz CT molecular complexity index is 1230. The monoisotopic (exact) mass is 488 g/mol. The van der Waals surface area contributed by atoms with Gasteiger partial charge < -0.3 is 20.1 Å². The first-order valence-corrected chi connectivity index (χ1v) is 12.9. The maximum Gasteiger partial charge on any atom is 0.252 e. The van der Waals surface area contributed by atoms with E-state index in [9.17, 15) is 4.79 Å². The molecule has 2 aliphatic heterocycles. The van der Waals surface area contributed by atoms with E-state index in [4.69, 9.17) is 9.47 Å². The molecule has 0 spiro atoms. The molecule has 190 valence electrons. The predicted octanol–water partition coefficient (Wildman–Crippen LogP) is 4.03. The van der Waals surface area contributed by atoms with Crippen LogP contribution in [-0.2, 0) is 5.54 Å². The fraction of sp³-hybridized carbons (Fsp3) is 0.448. The van der Waals surface area contributed by atoms with Crippen molar-refractivity contribution < 1.29 is 14.3 Å². The standard InChI is InChI=1S/C22H22N2O3.C7H14N2/c1-14-6-7-15(26-2)11-18(14)21(25)24-22(8-9-22)19-12-16(27-3)13-20-17(19)5-4-10-23-20;1-2-7-6-8-3-5-9(7)4-1/h4-7,10-13H,8-9H2,1-3H3,(H,24,25);7-8H,1-6H2. The van der Waals surface area contributed by atoms with Crippen molar-refractivity contribution >= 4 is 16.8 Å². The summed E-state index contributed by atoms with van der Waals surface area (Å²) in [6.07, 6.45) is 6.39. The van der Waals surface area contributed by atoms with Crippen LogP contribution in [0.4, 0.5) is 0 Å². The molecule has 1 aliphatic carbocycles. The number of nitrogens with zero attached hydrogens (tertiary/aromatic N) is 2. The van der Waals surface area contributed by atoms with E-state index in [-0.39, 0.29) is 11.4 Å². The van der Waals surface area contributed by atoms with Crippen LogP contribution in [0.1, 0.15) is 47.2 Å². The number of ether oxygens (including phenoxy) is 2. The Hall–Kier alpha value is -3.16. The van der Waals surface area contributed by atoms with Crippen LogP contribution in [0, 0.1) is 6.92 Å². The van der Waals surface area contributed by atoms with Crippen LogP contribution in [0.15, 0.2) is 48.7 Å².